The van der Waals surface area contributed by atoms with E-state index in [0.717, 1.165) is 16.7 Å². The fourth-order valence-electron chi connectivity index (χ4n) is 1.66. The van der Waals surface area contributed by atoms with E-state index in [4.69, 9.17) is 5.11 Å². The van der Waals surface area contributed by atoms with E-state index >= 15 is 0 Å². The van der Waals surface area contributed by atoms with Gasteiger partial charge in [0, 0.05) is 24.5 Å². The largest absolute Gasteiger partial charge is 0.481 e. The summed E-state index contributed by atoms with van der Waals surface area (Å²) in [6, 6.07) is 0. The maximum atomic E-state index is 12.0. The second-order valence-corrected chi connectivity index (χ2v) is 6.14. The van der Waals surface area contributed by atoms with Crippen LogP contribution >= 0.6 is 23.1 Å². The quantitative estimate of drug-likeness (QED) is 0.800. The lowest BCUT2D eigenvalue weighted by Crippen LogP contribution is -2.34. The number of carbonyl (C=O) groups is 4. The van der Waals surface area contributed by atoms with Crippen molar-refractivity contribution in [2.24, 2.45) is 0 Å². The number of carboxylic acids is 1. The summed E-state index contributed by atoms with van der Waals surface area (Å²) in [6.07, 6.45) is 1.07. The summed E-state index contributed by atoms with van der Waals surface area (Å²) in [6.45, 7) is -0.176. The van der Waals surface area contributed by atoms with Crippen molar-refractivity contribution < 1.29 is 24.3 Å². The van der Waals surface area contributed by atoms with Crippen molar-refractivity contribution in [1.29, 1.82) is 0 Å². The maximum Gasteiger partial charge on any atom is 0.305 e. The number of carbonyl (C=O) groups excluding carboxylic acids is 3. The zero-order valence-electron chi connectivity index (χ0n) is 10.6. The normalized spacial score (nSPS) is 18.1. The average Bonchev–Trinajstić information content (AvgIpc) is 2.98. The van der Waals surface area contributed by atoms with E-state index in [2.05, 4.69) is 10.3 Å². The average molecular weight is 329 g/mol. The molecule has 2 rings (SSSR count). The zero-order valence-corrected chi connectivity index (χ0v) is 12.3. The smallest absolute Gasteiger partial charge is 0.305 e. The summed E-state index contributed by atoms with van der Waals surface area (Å²) in [4.78, 5) is 50.6. The molecule has 1 aromatic rings. The van der Waals surface area contributed by atoms with Gasteiger partial charge in [0.1, 0.15) is 5.25 Å². The number of thiazole rings is 1. The molecule has 1 aromatic heterocycles. The first-order chi connectivity index (χ1) is 9.97. The summed E-state index contributed by atoms with van der Waals surface area (Å²) >= 11 is 1.99. The van der Waals surface area contributed by atoms with Crippen LogP contribution < -0.4 is 5.32 Å². The molecule has 1 atom stereocenters. The summed E-state index contributed by atoms with van der Waals surface area (Å²) < 4.78 is 0. The van der Waals surface area contributed by atoms with Crippen LogP contribution in [0.15, 0.2) is 11.6 Å². The van der Waals surface area contributed by atoms with Crippen LogP contribution in [0, 0.1) is 0 Å². The Hall–Kier alpha value is -1.94. The number of nitrogens with one attached hydrogen (secondary N) is 1. The van der Waals surface area contributed by atoms with E-state index < -0.39 is 28.3 Å². The highest BCUT2D eigenvalue weighted by atomic mass is 32.2. The van der Waals surface area contributed by atoms with Crippen LogP contribution in [0.25, 0.3) is 0 Å². The minimum Gasteiger partial charge on any atom is -0.481 e. The van der Waals surface area contributed by atoms with Crippen molar-refractivity contribution in [2.45, 2.75) is 18.1 Å². The van der Waals surface area contributed by atoms with Gasteiger partial charge >= 0.3 is 5.97 Å². The molecule has 21 heavy (non-hydrogen) atoms. The second-order valence-electron chi connectivity index (χ2n) is 4.10. The molecular weight excluding hydrogens is 318 g/mol. The predicted octanol–water partition coefficient (Wildman–Crippen LogP) is 1.01. The van der Waals surface area contributed by atoms with E-state index in [1.165, 1.54) is 17.5 Å². The number of amides is 3. The van der Waals surface area contributed by atoms with Crippen LogP contribution in [0.5, 0.6) is 0 Å². The molecule has 8 nitrogen and oxygen atoms in total. The molecule has 10 heteroatoms. The molecule has 3 amide bonds. The molecule has 0 aliphatic carbocycles. The molecule has 1 aliphatic rings. The number of thioether (sulfide) groups is 1. The third-order valence-electron chi connectivity index (χ3n) is 2.60. The lowest BCUT2D eigenvalue weighted by atomic mass is 10.2. The van der Waals surface area contributed by atoms with E-state index in [1.807, 2.05) is 0 Å². The molecule has 1 unspecified atom stereocenters. The van der Waals surface area contributed by atoms with Crippen molar-refractivity contribution in [1.82, 2.24) is 9.88 Å². The van der Waals surface area contributed by atoms with Crippen molar-refractivity contribution >= 4 is 51.3 Å². The second kappa shape index (κ2) is 6.68. The van der Waals surface area contributed by atoms with E-state index in [9.17, 15) is 19.2 Å². The molecule has 0 saturated carbocycles. The summed E-state index contributed by atoms with van der Waals surface area (Å²) in [5.74, 6) is -2.03. The Morgan fingerprint density at radius 1 is 1.43 bits per heavy atom. The highest BCUT2D eigenvalue weighted by molar-refractivity contribution is 8.15. The number of aromatic nitrogens is 1. The van der Waals surface area contributed by atoms with Crippen LogP contribution in [-0.4, -0.2) is 49.8 Å². The Bertz CT molecular complexity index is 574. The minimum absolute atomic E-state index is 0.154. The van der Waals surface area contributed by atoms with Gasteiger partial charge in [-0.2, -0.15) is 0 Å². The van der Waals surface area contributed by atoms with E-state index in [0.29, 0.717) is 5.13 Å². The maximum absolute atomic E-state index is 12.0. The number of hydrogen-bond acceptors (Lipinski definition) is 7. The number of rotatable bonds is 6. The Morgan fingerprint density at radius 3 is 2.81 bits per heavy atom. The fourth-order valence-corrected chi connectivity index (χ4v) is 3.22. The number of anilines is 1. The molecule has 2 N–H and O–H groups in total. The van der Waals surface area contributed by atoms with Gasteiger partial charge in [0.05, 0.1) is 6.42 Å². The van der Waals surface area contributed by atoms with Gasteiger partial charge in [-0.05, 0) is 0 Å². The molecule has 1 fully saturated rings. The summed E-state index contributed by atoms with van der Waals surface area (Å²) in [5, 5.41) is 11.9. The lowest BCUT2D eigenvalue weighted by Gasteiger charge is -2.11. The number of aliphatic carboxylic acids is 1. The Balaban J connectivity index is 1.89. The van der Waals surface area contributed by atoms with Crippen LogP contribution in [0.1, 0.15) is 12.8 Å². The lowest BCUT2D eigenvalue weighted by molar-refractivity contribution is -0.137. The van der Waals surface area contributed by atoms with Crippen molar-refractivity contribution in [3.63, 3.8) is 0 Å². The molecule has 0 radical (unpaired) electrons. The summed E-state index contributed by atoms with van der Waals surface area (Å²) in [5.41, 5.74) is 0. The Labute approximate surface area is 127 Å². The monoisotopic (exact) mass is 329 g/mol. The van der Waals surface area contributed by atoms with E-state index in [1.54, 1.807) is 5.38 Å². The molecule has 2 heterocycles. The first kappa shape index (κ1) is 15.4. The first-order valence-corrected chi connectivity index (χ1v) is 7.66. The predicted molar refractivity (Wildman–Crippen MR) is 76.1 cm³/mol. The molecule has 1 saturated heterocycles. The summed E-state index contributed by atoms with van der Waals surface area (Å²) in [7, 11) is 0. The third-order valence-corrected chi connectivity index (χ3v) is 4.37. The topological polar surface area (TPSA) is 117 Å². The van der Waals surface area contributed by atoms with E-state index in [-0.39, 0.29) is 19.4 Å². The molecular formula is C11H11N3O5S2. The zero-order chi connectivity index (χ0) is 15.4. The number of carboxylic acid groups (broad SMARTS) is 1. The number of nitrogens with zero attached hydrogens (tertiary/aromatic N) is 2. The first-order valence-electron chi connectivity index (χ1n) is 5.90. The van der Waals surface area contributed by atoms with Gasteiger partial charge in [-0.3, -0.25) is 24.1 Å². The molecule has 1 aliphatic heterocycles. The minimum atomic E-state index is -1.09. The van der Waals surface area contributed by atoms with Crippen LogP contribution in [0.2, 0.25) is 0 Å². The third kappa shape index (κ3) is 4.02. The standard InChI is InChI=1S/C11H11N3O5S2/c15-7(13-10-12-2-4-20-10)5-6-9(18)14(11(19)21-6)3-1-8(16)17/h2,4,6H,1,3,5H2,(H,16,17)(H,12,13,15). The molecule has 112 valence electrons. The van der Waals surface area contributed by atoms with Crippen LogP contribution in [0.3, 0.4) is 0 Å². The Morgan fingerprint density at radius 2 is 2.19 bits per heavy atom. The molecule has 0 bridgehead atoms. The van der Waals surface area contributed by atoms with Gasteiger partial charge in [0.25, 0.3) is 5.24 Å². The molecule has 0 spiro atoms. The molecule has 0 aromatic carbocycles. The van der Waals surface area contributed by atoms with Crippen LogP contribution in [0.4, 0.5) is 9.93 Å². The number of imide groups is 1. The van der Waals surface area contributed by atoms with Gasteiger partial charge in [-0.1, -0.05) is 11.8 Å². The highest BCUT2D eigenvalue weighted by Crippen LogP contribution is 2.29. The highest BCUT2D eigenvalue weighted by Gasteiger charge is 2.40. The number of hydrogen-bond donors (Lipinski definition) is 2. The Kier molecular flexibility index (Phi) is 4.91. The fraction of sp³-hybridized carbons (Fsp3) is 0.364. The van der Waals surface area contributed by atoms with Crippen molar-refractivity contribution in [3.8, 4) is 0 Å². The SMILES string of the molecule is O=C(O)CCN1C(=O)SC(CC(=O)Nc2nccs2)C1=O. The van der Waals surface area contributed by atoms with Gasteiger partial charge < -0.3 is 10.4 Å². The van der Waals surface area contributed by atoms with Crippen molar-refractivity contribution in [2.75, 3.05) is 11.9 Å². The van der Waals surface area contributed by atoms with Crippen LogP contribution in [-0.2, 0) is 14.4 Å². The van der Waals surface area contributed by atoms with Crippen molar-refractivity contribution in [3.05, 3.63) is 11.6 Å². The van der Waals surface area contributed by atoms with Gasteiger partial charge in [-0.15, -0.1) is 11.3 Å². The van der Waals surface area contributed by atoms with Gasteiger partial charge in [-0.25, -0.2) is 4.98 Å². The van der Waals surface area contributed by atoms with Gasteiger partial charge in [0.15, 0.2) is 5.13 Å². The van der Waals surface area contributed by atoms with Gasteiger partial charge in [0.2, 0.25) is 11.8 Å².